The second-order valence-electron chi connectivity index (χ2n) is 4.22. The molecule has 0 aliphatic rings. The average Bonchev–Trinajstić information content (AvgIpc) is 2.37. The Morgan fingerprint density at radius 2 is 2.00 bits per heavy atom. The van der Waals surface area contributed by atoms with Gasteiger partial charge in [0.2, 0.25) is 0 Å². The molecule has 1 atom stereocenters. The molecule has 17 heavy (non-hydrogen) atoms. The van der Waals surface area contributed by atoms with Gasteiger partial charge in [0, 0.05) is 27.3 Å². The topological polar surface area (TPSA) is 64.8 Å². The van der Waals surface area contributed by atoms with Crippen LogP contribution in [0.4, 0.5) is 0 Å². The van der Waals surface area contributed by atoms with Crippen molar-refractivity contribution in [3.8, 4) is 0 Å². The van der Waals surface area contributed by atoms with Gasteiger partial charge < -0.3 is 20.1 Å². The molecule has 0 aliphatic heterocycles. The third-order valence-electron chi connectivity index (χ3n) is 3.06. The Labute approximate surface area is 104 Å². The minimum atomic E-state index is -0.748. The zero-order chi connectivity index (χ0) is 13.3. The molecule has 0 rings (SSSR count). The van der Waals surface area contributed by atoms with Gasteiger partial charge in [-0.15, -0.1) is 0 Å². The molecule has 0 saturated carbocycles. The second-order valence-corrected chi connectivity index (χ2v) is 4.22. The minimum Gasteiger partial charge on any atom is -0.383 e. The van der Waals surface area contributed by atoms with Crippen LogP contribution in [0.15, 0.2) is 0 Å². The summed E-state index contributed by atoms with van der Waals surface area (Å²) in [5.41, 5.74) is 4.73. The minimum absolute atomic E-state index is 0.00741. The number of carbonyl (C=O) groups excluding carboxylic acids is 1. The number of hydrogen-bond donors (Lipinski definition) is 1. The van der Waals surface area contributed by atoms with E-state index in [1.54, 1.807) is 19.1 Å². The van der Waals surface area contributed by atoms with Gasteiger partial charge >= 0.3 is 0 Å². The molecule has 0 aromatic heterocycles. The van der Waals surface area contributed by atoms with Crippen molar-refractivity contribution < 1.29 is 14.3 Å². The fraction of sp³-hybridized carbons (Fsp3) is 0.917. The van der Waals surface area contributed by atoms with Crippen LogP contribution in [0.2, 0.25) is 0 Å². The highest BCUT2D eigenvalue weighted by atomic mass is 16.5. The Bertz CT molecular complexity index is 210. The van der Waals surface area contributed by atoms with Crippen molar-refractivity contribution in [2.45, 2.75) is 32.3 Å². The Balaban J connectivity index is 4.59. The summed E-state index contributed by atoms with van der Waals surface area (Å²) in [5, 5.41) is 0. The molecule has 0 aromatic carbocycles. The van der Waals surface area contributed by atoms with Crippen LogP contribution in [0.5, 0.6) is 0 Å². The zero-order valence-electron chi connectivity index (χ0n) is 11.5. The average molecular weight is 246 g/mol. The highest BCUT2D eigenvalue weighted by Crippen LogP contribution is 2.17. The summed E-state index contributed by atoms with van der Waals surface area (Å²) < 4.78 is 10.3. The summed E-state index contributed by atoms with van der Waals surface area (Å²) >= 11 is 0. The molecule has 5 heteroatoms. The van der Waals surface area contributed by atoms with Gasteiger partial charge in [-0.05, 0) is 26.3 Å². The van der Waals surface area contributed by atoms with Crippen LogP contribution >= 0.6 is 0 Å². The van der Waals surface area contributed by atoms with E-state index in [0.717, 1.165) is 6.42 Å². The molecule has 0 radical (unpaired) electrons. The van der Waals surface area contributed by atoms with Crippen LogP contribution in [0, 0.1) is 0 Å². The number of rotatable bonds is 9. The van der Waals surface area contributed by atoms with E-state index in [1.807, 2.05) is 13.8 Å². The van der Waals surface area contributed by atoms with Gasteiger partial charge in [0.25, 0.3) is 5.91 Å². The van der Waals surface area contributed by atoms with Crippen molar-refractivity contribution in [3.63, 3.8) is 0 Å². The third-order valence-corrected chi connectivity index (χ3v) is 3.06. The molecule has 0 bridgehead atoms. The highest BCUT2D eigenvalue weighted by molar-refractivity contribution is 5.84. The highest BCUT2D eigenvalue weighted by Gasteiger charge is 2.34. The van der Waals surface area contributed by atoms with Crippen LogP contribution in [0.3, 0.4) is 0 Å². The van der Waals surface area contributed by atoms with Crippen LogP contribution < -0.4 is 5.73 Å². The standard InChI is InChI=1S/C12H26N2O3/c1-5-12(2,17-4)11(15)14(8-6-7-13)9-10-16-3/h5-10,13H2,1-4H3. The lowest BCUT2D eigenvalue weighted by atomic mass is 10.0. The van der Waals surface area contributed by atoms with Crippen LogP contribution in [-0.2, 0) is 14.3 Å². The van der Waals surface area contributed by atoms with E-state index in [1.165, 1.54) is 0 Å². The molecule has 5 nitrogen and oxygen atoms in total. The summed E-state index contributed by atoms with van der Waals surface area (Å²) in [4.78, 5) is 14.1. The lowest BCUT2D eigenvalue weighted by molar-refractivity contribution is -0.154. The predicted molar refractivity (Wildman–Crippen MR) is 67.8 cm³/mol. The second kappa shape index (κ2) is 8.44. The largest absolute Gasteiger partial charge is 0.383 e. The summed E-state index contributed by atoms with van der Waals surface area (Å²) in [6.45, 7) is 6.09. The number of carbonyl (C=O) groups is 1. The van der Waals surface area contributed by atoms with Crippen molar-refractivity contribution in [3.05, 3.63) is 0 Å². The molecule has 0 heterocycles. The van der Waals surface area contributed by atoms with Crippen molar-refractivity contribution in [2.24, 2.45) is 5.73 Å². The SMILES string of the molecule is CCC(C)(OC)C(=O)N(CCCN)CCOC. The fourth-order valence-corrected chi connectivity index (χ4v) is 1.52. The Hall–Kier alpha value is -0.650. The summed E-state index contributed by atoms with van der Waals surface area (Å²) in [6.07, 6.45) is 1.44. The van der Waals surface area contributed by atoms with E-state index >= 15 is 0 Å². The Kier molecular flexibility index (Phi) is 8.12. The Morgan fingerprint density at radius 3 is 2.41 bits per heavy atom. The first kappa shape index (κ1) is 16.4. The first-order valence-corrected chi connectivity index (χ1v) is 6.09. The molecule has 1 unspecified atom stereocenters. The summed E-state index contributed by atoms with van der Waals surface area (Å²) in [6, 6.07) is 0. The van der Waals surface area contributed by atoms with Gasteiger partial charge in [-0.25, -0.2) is 0 Å². The summed E-state index contributed by atoms with van der Waals surface area (Å²) in [5.74, 6) is 0.00741. The van der Waals surface area contributed by atoms with Gasteiger partial charge in [-0.3, -0.25) is 4.79 Å². The van der Waals surface area contributed by atoms with Crippen LogP contribution in [-0.4, -0.2) is 56.9 Å². The molecule has 1 amide bonds. The molecule has 0 aromatic rings. The number of nitrogens with two attached hydrogens (primary N) is 1. The van der Waals surface area contributed by atoms with Gasteiger partial charge in [-0.1, -0.05) is 6.92 Å². The third kappa shape index (κ3) is 5.02. The van der Waals surface area contributed by atoms with Crippen LogP contribution in [0.1, 0.15) is 26.7 Å². The van der Waals surface area contributed by atoms with E-state index in [9.17, 15) is 4.79 Å². The van der Waals surface area contributed by atoms with Gasteiger partial charge in [0.15, 0.2) is 0 Å². The number of hydrogen-bond acceptors (Lipinski definition) is 4. The van der Waals surface area contributed by atoms with Gasteiger partial charge in [-0.2, -0.15) is 0 Å². The molecule has 102 valence electrons. The molecule has 2 N–H and O–H groups in total. The first-order chi connectivity index (χ1) is 8.05. The number of methoxy groups -OCH3 is 2. The van der Waals surface area contributed by atoms with E-state index in [4.69, 9.17) is 15.2 Å². The van der Waals surface area contributed by atoms with Crippen molar-refractivity contribution >= 4 is 5.91 Å². The lowest BCUT2D eigenvalue weighted by Crippen LogP contribution is -2.49. The molecular formula is C12H26N2O3. The quantitative estimate of drug-likeness (QED) is 0.648. The molecular weight excluding hydrogens is 220 g/mol. The maximum absolute atomic E-state index is 12.3. The van der Waals surface area contributed by atoms with Crippen LogP contribution in [0.25, 0.3) is 0 Å². The monoisotopic (exact) mass is 246 g/mol. The van der Waals surface area contributed by atoms with E-state index in [2.05, 4.69) is 0 Å². The molecule has 0 fully saturated rings. The fourth-order valence-electron chi connectivity index (χ4n) is 1.52. The van der Waals surface area contributed by atoms with Gasteiger partial charge in [0.05, 0.1) is 6.61 Å². The molecule has 0 saturated heterocycles. The van der Waals surface area contributed by atoms with E-state index in [0.29, 0.717) is 32.7 Å². The number of nitrogens with zero attached hydrogens (tertiary/aromatic N) is 1. The molecule has 0 spiro atoms. The first-order valence-electron chi connectivity index (χ1n) is 6.09. The maximum atomic E-state index is 12.3. The number of amides is 1. The summed E-state index contributed by atoms with van der Waals surface area (Å²) in [7, 11) is 3.19. The zero-order valence-corrected chi connectivity index (χ0v) is 11.5. The van der Waals surface area contributed by atoms with Gasteiger partial charge in [0.1, 0.15) is 5.60 Å². The lowest BCUT2D eigenvalue weighted by Gasteiger charge is -2.32. The van der Waals surface area contributed by atoms with E-state index < -0.39 is 5.60 Å². The predicted octanol–water partition coefficient (Wildman–Crippen LogP) is 0.625. The smallest absolute Gasteiger partial charge is 0.254 e. The normalized spacial score (nSPS) is 14.4. The van der Waals surface area contributed by atoms with Crippen molar-refractivity contribution in [1.82, 2.24) is 4.90 Å². The van der Waals surface area contributed by atoms with Crippen molar-refractivity contribution in [2.75, 3.05) is 40.5 Å². The van der Waals surface area contributed by atoms with E-state index in [-0.39, 0.29) is 5.91 Å². The maximum Gasteiger partial charge on any atom is 0.254 e. The number of ether oxygens (including phenoxy) is 2. The van der Waals surface area contributed by atoms with Crippen molar-refractivity contribution in [1.29, 1.82) is 0 Å². The molecule has 0 aliphatic carbocycles. The Morgan fingerprint density at radius 1 is 1.35 bits per heavy atom.